The van der Waals surface area contributed by atoms with E-state index in [1.165, 1.54) is 37.1 Å². The molecule has 0 amide bonds. The van der Waals surface area contributed by atoms with Gasteiger partial charge in [-0.05, 0) is 31.0 Å². The third-order valence-corrected chi connectivity index (χ3v) is 4.19. The van der Waals surface area contributed by atoms with Crippen molar-refractivity contribution >= 4 is 23.4 Å². The van der Waals surface area contributed by atoms with E-state index in [9.17, 15) is 0 Å². The third kappa shape index (κ3) is 3.96. The van der Waals surface area contributed by atoms with E-state index in [1.807, 2.05) is 24.0 Å². The quantitative estimate of drug-likeness (QED) is 0.838. The fourth-order valence-corrected chi connectivity index (χ4v) is 3.08. The van der Waals surface area contributed by atoms with Crippen molar-refractivity contribution in [1.29, 1.82) is 0 Å². The molecule has 0 saturated carbocycles. The molecule has 1 aromatic heterocycles. The second-order valence-corrected chi connectivity index (χ2v) is 5.57. The molecule has 1 unspecified atom stereocenters. The van der Waals surface area contributed by atoms with Gasteiger partial charge in [-0.3, -0.25) is 0 Å². The summed E-state index contributed by atoms with van der Waals surface area (Å²) in [6.45, 7) is 1.19. The minimum absolute atomic E-state index is 0.572. The number of nitrogens with zero attached hydrogens (tertiary/aromatic N) is 1. The van der Waals surface area contributed by atoms with E-state index < -0.39 is 0 Å². The van der Waals surface area contributed by atoms with Gasteiger partial charge >= 0.3 is 0 Å². The Morgan fingerprint density at radius 2 is 2.38 bits per heavy atom. The lowest BCUT2D eigenvalue weighted by molar-refractivity contribution is 0.430. The number of nitrogens with one attached hydrogen (secondary N) is 1. The molecule has 2 nitrogen and oxygen atoms in total. The van der Waals surface area contributed by atoms with E-state index in [1.54, 1.807) is 0 Å². The molecule has 0 radical (unpaired) electrons. The van der Waals surface area contributed by atoms with Crippen molar-refractivity contribution in [2.75, 3.05) is 12.3 Å². The van der Waals surface area contributed by atoms with Gasteiger partial charge in [0.2, 0.25) is 0 Å². The number of pyridine rings is 1. The maximum absolute atomic E-state index is 5.74. The van der Waals surface area contributed by atoms with Crippen LogP contribution in [0.5, 0.6) is 0 Å². The molecule has 1 saturated heterocycles. The molecule has 1 aliphatic heterocycles. The summed E-state index contributed by atoms with van der Waals surface area (Å²) in [5.41, 5.74) is 1.25. The van der Waals surface area contributed by atoms with Gasteiger partial charge in [-0.15, -0.1) is 0 Å². The Bertz CT molecular complexity index is 309. The lowest BCUT2D eigenvalue weighted by atomic mass is 10.1. The Morgan fingerprint density at radius 1 is 1.44 bits per heavy atom. The van der Waals surface area contributed by atoms with E-state index >= 15 is 0 Å². The highest BCUT2D eigenvalue weighted by Gasteiger charge is 2.11. The Kier molecular flexibility index (Phi) is 4.94. The average Bonchev–Trinajstić information content (AvgIpc) is 2.33. The van der Waals surface area contributed by atoms with Crippen LogP contribution in [0.3, 0.4) is 0 Å². The Hall–Kier alpha value is -0.250. The molecule has 1 aliphatic rings. The first-order valence-electron chi connectivity index (χ1n) is 5.76. The Balaban J connectivity index is 1.69. The van der Waals surface area contributed by atoms with Crippen molar-refractivity contribution in [3.8, 4) is 0 Å². The molecular formula is C12H17ClN2S. The summed E-state index contributed by atoms with van der Waals surface area (Å²) >= 11 is 7.71. The SMILES string of the molecule is Clc1ccc(CSCC2CCCCN2)cn1. The van der Waals surface area contributed by atoms with Crippen LogP contribution in [0.2, 0.25) is 5.15 Å². The number of rotatable bonds is 4. The van der Waals surface area contributed by atoms with Crippen LogP contribution in [0, 0.1) is 0 Å². The molecule has 1 atom stereocenters. The number of hydrogen-bond acceptors (Lipinski definition) is 3. The summed E-state index contributed by atoms with van der Waals surface area (Å²) in [5, 5.41) is 4.13. The molecule has 1 fully saturated rings. The van der Waals surface area contributed by atoms with Gasteiger partial charge in [0.15, 0.2) is 0 Å². The van der Waals surface area contributed by atoms with Gasteiger partial charge in [-0.2, -0.15) is 11.8 Å². The molecule has 1 N–H and O–H groups in total. The first-order valence-corrected chi connectivity index (χ1v) is 7.29. The number of halogens is 1. The maximum Gasteiger partial charge on any atom is 0.129 e. The van der Waals surface area contributed by atoms with E-state index in [0.29, 0.717) is 11.2 Å². The summed E-state index contributed by atoms with van der Waals surface area (Å²) < 4.78 is 0. The van der Waals surface area contributed by atoms with Gasteiger partial charge in [0.1, 0.15) is 5.15 Å². The molecule has 1 aromatic rings. The van der Waals surface area contributed by atoms with E-state index in [4.69, 9.17) is 11.6 Å². The van der Waals surface area contributed by atoms with Crippen molar-refractivity contribution in [3.05, 3.63) is 29.0 Å². The molecule has 4 heteroatoms. The van der Waals surface area contributed by atoms with E-state index in [0.717, 1.165) is 5.75 Å². The lowest BCUT2D eigenvalue weighted by Crippen LogP contribution is -2.35. The summed E-state index contributed by atoms with van der Waals surface area (Å²) in [4.78, 5) is 4.08. The van der Waals surface area contributed by atoms with E-state index in [2.05, 4.69) is 16.4 Å². The second-order valence-electron chi connectivity index (χ2n) is 4.15. The molecule has 2 heterocycles. The standard InChI is InChI=1S/C12H17ClN2S/c13-12-5-4-10(7-15-12)8-16-9-11-3-1-2-6-14-11/h4-5,7,11,14H,1-3,6,8-9H2. The smallest absolute Gasteiger partial charge is 0.129 e. The zero-order valence-corrected chi connectivity index (χ0v) is 10.9. The zero-order valence-electron chi connectivity index (χ0n) is 9.29. The highest BCUT2D eigenvalue weighted by molar-refractivity contribution is 7.98. The van der Waals surface area contributed by atoms with Crippen molar-refractivity contribution in [2.45, 2.75) is 31.1 Å². The van der Waals surface area contributed by atoms with Gasteiger partial charge in [-0.1, -0.05) is 24.1 Å². The fraction of sp³-hybridized carbons (Fsp3) is 0.583. The first kappa shape index (κ1) is 12.2. The van der Waals surface area contributed by atoms with Crippen LogP contribution in [0.1, 0.15) is 24.8 Å². The number of hydrogen-bond donors (Lipinski definition) is 1. The minimum Gasteiger partial charge on any atom is -0.313 e. The van der Waals surface area contributed by atoms with Crippen LogP contribution in [0.25, 0.3) is 0 Å². The van der Waals surface area contributed by atoms with Gasteiger partial charge in [-0.25, -0.2) is 4.98 Å². The summed E-state index contributed by atoms with van der Waals surface area (Å²) in [5.74, 6) is 2.23. The predicted octanol–water partition coefficient (Wildman–Crippen LogP) is 3.11. The normalized spacial score (nSPS) is 20.9. The Morgan fingerprint density at radius 3 is 3.06 bits per heavy atom. The fourth-order valence-electron chi connectivity index (χ4n) is 1.88. The highest BCUT2D eigenvalue weighted by Crippen LogP contribution is 2.17. The molecular weight excluding hydrogens is 240 g/mol. The van der Waals surface area contributed by atoms with Gasteiger partial charge in [0.25, 0.3) is 0 Å². The molecule has 0 spiro atoms. The summed E-state index contributed by atoms with van der Waals surface area (Å²) in [7, 11) is 0. The first-order chi connectivity index (χ1) is 7.84. The second kappa shape index (κ2) is 6.48. The topological polar surface area (TPSA) is 24.9 Å². The van der Waals surface area contributed by atoms with Crippen LogP contribution in [-0.2, 0) is 5.75 Å². The zero-order chi connectivity index (χ0) is 11.2. The number of aromatic nitrogens is 1. The molecule has 0 aliphatic carbocycles. The molecule has 0 bridgehead atoms. The average molecular weight is 257 g/mol. The number of thioether (sulfide) groups is 1. The van der Waals surface area contributed by atoms with Crippen molar-refractivity contribution in [1.82, 2.24) is 10.3 Å². The van der Waals surface area contributed by atoms with Crippen LogP contribution in [-0.4, -0.2) is 23.3 Å². The minimum atomic E-state index is 0.572. The summed E-state index contributed by atoms with van der Waals surface area (Å²) in [6, 6.07) is 4.62. The van der Waals surface area contributed by atoms with Crippen molar-refractivity contribution in [2.24, 2.45) is 0 Å². The van der Waals surface area contributed by atoms with Crippen LogP contribution >= 0.6 is 23.4 Å². The van der Waals surface area contributed by atoms with Gasteiger partial charge in [0, 0.05) is 23.7 Å². The maximum atomic E-state index is 5.74. The molecule has 16 heavy (non-hydrogen) atoms. The van der Waals surface area contributed by atoms with Crippen LogP contribution in [0.15, 0.2) is 18.3 Å². The predicted molar refractivity (Wildman–Crippen MR) is 71.1 cm³/mol. The van der Waals surface area contributed by atoms with Crippen molar-refractivity contribution < 1.29 is 0 Å². The third-order valence-electron chi connectivity index (χ3n) is 2.79. The highest BCUT2D eigenvalue weighted by atomic mass is 35.5. The van der Waals surface area contributed by atoms with Crippen LogP contribution in [0.4, 0.5) is 0 Å². The lowest BCUT2D eigenvalue weighted by Gasteiger charge is -2.22. The molecule has 0 aromatic carbocycles. The van der Waals surface area contributed by atoms with Gasteiger partial charge in [0.05, 0.1) is 0 Å². The summed E-state index contributed by atoms with van der Waals surface area (Å²) in [6.07, 6.45) is 5.90. The monoisotopic (exact) mass is 256 g/mol. The number of piperidine rings is 1. The largest absolute Gasteiger partial charge is 0.313 e. The van der Waals surface area contributed by atoms with Crippen molar-refractivity contribution in [3.63, 3.8) is 0 Å². The Labute approximate surface area is 106 Å². The molecule has 88 valence electrons. The van der Waals surface area contributed by atoms with Gasteiger partial charge < -0.3 is 5.32 Å². The van der Waals surface area contributed by atoms with E-state index in [-0.39, 0.29) is 0 Å². The molecule has 2 rings (SSSR count). The van der Waals surface area contributed by atoms with Crippen LogP contribution < -0.4 is 5.32 Å².